The van der Waals surface area contributed by atoms with Crippen LogP contribution in [0, 0.1) is 5.41 Å². The third-order valence-electron chi connectivity index (χ3n) is 5.67. The first-order valence-electron chi connectivity index (χ1n) is 8.84. The van der Waals surface area contributed by atoms with Gasteiger partial charge in [0.15, 0.2) is 0 Å². The van der Waals surface area contributed by atoms with Crippen molar-refractivity contribution in [1.29, 1.82) is 0 Å². The van der Waals surface area contributed by atoms with Crippen LogP contribution in [0.5, 0.6) is 0 Å². The summed E-state index contributed by atoms with van der Waals surface area (Å²) in [4.78, 5) is 16.7. The number of fused-ring (bicyclic) bond motifs is 1. The summed E-state index contributed by atoms with van der Waals surface area (Å²) in [6, 6.07) is 7.77. The van der Waals surface area contributed by atoms with Gasteiger partial charge in [0.2, 0.25) is 0 Å². The first-order valence-corrected chi connectivity index (χ1v) is 8.84. The van der Waals surface area contributed by atoms with Crippen molar-refractivity contribution in [3.05, 3.63) is 30.6 Å². The number of nitrogens with zero attached hydrogens (tertiary/aromatic N) is 2. The molecule has 0 saturated heterocycles. The molecule has 0 radical (unpaired) electrons. The van der Waals surface area contributed by atoms with Crippen molar-refractivity contribution in [2.45, 2.75) is 51.2 Å². The number of rotatable bonds is 4. The molecule has 0 bridgehead atoms. The molecule has 0 unspecified atom stereocenters. The number of carbonyl (C=O) groups excluding carboxylic acids is 1. The van der Waals surface area contributed by atoms with E-state index in [0.717, 1.165) is 36.9 Å². The molecule has 0 aliphatic heterocycles. The van der Waals surface area contributed by atoms with Crippen LogP contribution in [0.15, 0.2) is 30.6 Å². The lowest BCUT2D eigenvalue weighted by Gasteiger charge is -2.53. The molecule has 2 aliphatic carbocycles. The SMILES string of the molecule is CCO[C@@H]1C[C@@H](NC(=O)Nn2cnc3ccccc32)C12CCCC2. The standard InChI is InChI=1S/C18H24N4O2/c1-2-24-16-11-15(18(16)9-5-6-10-18)20-17(23)21-22-12-19-13-7-3-4-8-14(13)22/h3-4,7-8,12,15-16H,2,5-6,9-11H2,1H3,(H2,20,21,23)/t15-,16-/m1/s1. The molecule has 1 spiro atoms. The van der Waals surface area contributed by atoms with Crippen LogP contribution >= 0.6 is 0 Å². The van der Waals surface area contributed by atoms with Gasteiger partial charge in [-0.1, -0.05) is 25.0 Å². The van der Waals surface area contributed by atoms with Crippen molar-refractivity contribution in [3.63, 3.8) is 0 Å². The van der Waals surface area contributed by atoms with E-state index in [1.807, 2.05) is 31.2 Å². The molecule has 6 nitrogen and oxygen atoms in total. The van der Waals surface area contributed by atoms with Crippen LogP contribution in [0.1, 0.15) is 39.0 Å². The number of para-hydroxylation sites is 2. The van der Waals surface area contributed by atoms with Crippen molar-refractivity contribution in [3.8, 4) is 0 Å². The molecule has 2 aliphatic rings. The average Bonchev–Trinajstić information content (AvgIpc) is 3.23. The van der Waals surface area contributed by atoms with Gasteiger partial charge in [-0.15, -0.1) is 0 Å². The average molecular weight is 328 g/mol. The highest BCUT2D eigenvalue weighted by Gasteiger charge is 2.57. The number of ether oxygens (including phenoxy) is 1. The lowest BCUT2D eigenvalue weighted by atomic mass is 9.60. The second kappa shape index (κ2) is 6.09. The molecular formula is C18H24N4O2. The van der Waals surface area contributed by atoms with E-state index in [9.17, 15) is 4.79 Å². The van der Waals surface area contributed by atoms with Gasteiger partial charge in [-0.05, 0) is 38.3 Å². The molecule has 2 atom stereocenters. The fourth-order valence-corrected chi connectivity index (χ4v) is 4.44. The minimum absolute atomic E-state index is 0.143. The van der Waals surface area contributed by atoms with Gasteiger partial charge < -0.3 is 10.1 Å². The van der Waals surface area contributed by atoms with Gasteiger partial charge in [0, 0.05) is 18.1 Å². The first kappa shape index (κ1) is 15.4. The second-order valence-electron chi connectivity index (χ2n) is 6.86. The summed E-state index contributed by atoms with van der Waals surface area (Å²) >= 11 is 0. The Morgan fingerprint density at radius 3 is 2.96 bits per heavy atom. The molecule has 2 aromatic rings. The molecule has 24 heavy (non-hydrogen) atoms. The fourth-order valence-electron chi connectivity index (χ4n) is 4.44. The van der Waals surface area contributed by atoms with Crippen LogP contribution in [0.4, 0.5) is 4.79 Å². The maximum Gasteiger partial charge on any atom is 0.334 e. The molecule has 4 rings (SSSR count). The van der Waals surface area contributed by atoms with Crippen molar-refractivity contribution in [1.82, 2.24) is 15.0 Å². The number of aromatic nitrogens is 2. The van der Waals surface area contributed by atoms with E-state index >= 15 is 0 Å². The van der Waals surface area contributed by atoms with E-state index in [2.05, 4.69) is 15.7 Å². The van der Waals surface area contributed by atoms with Crippen LogP contribution in [-0.4, -0.2) is 34.4 Å². The predicted octanol–water partition coefficient (Wildman–Crippen LogP) is 3.03. The smallest absolute Gasteiger partial charge is 0.334 e. The highest BCUT2D eigenvalue weighted by atomic mass is 16.5. The number of hydrogen-bond acceptors (Lipinski definition) is 3. The topological polar surface area (TPSA) is 68.2 Å². The number of benzene rings is 1. The highest BCUT2D eigenvalue weighted by Crippen LogP contribution is 2.54. The number of nitrogens with one attached hydrogen (secondary N) is 2. The number of carbonyl (C=O) groups is 1. The highest BCUT2D eigenvalue weighted by molar-refractivity contribution is 5.85. The Balaban J connectivity index is 1.43. The van der Waals surface area contributed by atoms with Crippen molar-refractivity contribution in [2.75, 3.05) is 12.0 Å². The molecule has 2 amide bonds. The minimum atomic E-state index is -0.177. The monoisotopic (exact) mass is 328 g/mol. The van der Waals surface area contributed by atoms with Crippen LogP contribution in [0.25, 0.3) is 11.0 Å². The molecule has 2 N–H and O–H groups in total. The molecule has 6 heteroatoms. The Morgan fingerprint density at radius 2 is 2.17 bits per heavy atom. The molecule has 1 aromatic carbocycles. The van der Waals surface area contributed by atoms with Crippen LogP contribution < -0.4 is 10.7 Å². The lowest BCUT2D eigenvalue weighted by molar-refractivity contribution is -0.126. The van der Waals surface area contributed by atoms with E-state index in [4.69, 9.17) is 4.74 Å². The Bertz CT molecular complexity index is 735. The summed E-state index contributed by atoms with van der Waals surface area (Å²) in [5.74, 6) is 0. The van der Waals surface area contributed by atoms with Gasteiger partial charge in [-0.25, -0.2) is 19.9 Å². The zero-order chi connectivity index (χ0) is 16.6. The van der Waals surface area contributed by atoms with Crippen LogP contribution in [0.2, 0.25) is 0 Å². The number of urea groups is 1. The largest absolute Gasteiger partial charge is 0.378 e. The maximum atomic E-state index is 12.5. The number of hydrogen-bond donors (Lipinski definition) is 2. The zero-order valence-corrected chi connectivity index (χ0v) is 14.0. The molecule has 1 aromatic heterocycles. The summed E-state index contributed by atoms with van der Waals surface area (Å²) in [5, 5.41) is 3.16. The lowest BCUT2D eigenvalue weighted by Crippen LogP contribution is -2.64. The summed E-state index contributed by atoms with van der Waals surface area (Å²) < 4.78 is 7.58. The Labute approximate surface area is 141 Å². The van der Waals surface area contributed by atoms with E-state index < -0.39 is 0 Å². The van der Waals surface area contributed by atoms with Gasteiger partial charge in [-0.3, -0.25) is 0 Å². The summed E-state index contributed by atoms with van der Waals surface area (Å²) in [7, 11) is 0. The zero-order valence-electron chi connectivity index (χ0n) is 14.0. The Kier molecular flexibility index (Phi) is 3.92. The molecule has 2 fully saturated rings. The van der Waals surface area contributed by atoms with Crippen molar-refractivity contribution < 1.29 is 9.53 Å². The Hall–Kier alpha value is -2.08. The van der Waals surface area contributed by atoms with E-state index in [0.29, 0.717) is 6.10 Å². The van der Waals surface area contributed by atoms with Gasteiger partial charge >= 0.3 is 6.03 Å². The number of imidazole rings is 1. The summed E-state index contributed by atoms with van der Waals surface area (Å²) in [5.41, 5.74) is 4.78. The van der Waals surface area contributed by atoms with Gasteiger partial charge in [0.25, 0.3) is 0 Å². The first-order chi connectivity index (χ1) is 11.7. The minimum Gasteiger partial charge on any atom is -0.378 e. The third-order valence-corrected chi connectivity index (χ3v) is 5.67. The van der Waals surface area contributed by atoms with E-state index in [1.165, 1.54) is 12.8 Å². The number of amides is 2. The molecule has 128 valence electrons. The Morgan fingerprint density at radius 1 is 1.38 bits per heavy atom. The normalized spacial score (nSPS) is 24.9. The maximum absolute atomic E-state index is 12.5. The fraction of sp³-hybridized carbons (Fsp3) is 0.556. The van der Waals surface area contributed by atoms with Gasteiger partial charge in [0.1, 0.15) is 6.33 Å². The quantitative estimate of drug-likeness (QED) is 0.906. The summed E-state index contributed by atoms with van der Waals surface area (Å²) in [6.45, 7) is 2.78. The predicted molar refractivity (Wildman–Crippen MR) is 92.3 cm³/mol. The van der Waals surface area contributed by atoms with Gasteiger partial charge in [-0.2, -0.15) is 0 Å². The van der Waals surface area contributed by atoms with Gasteiger partial charge in [0.05, 0.1) is 17.1 Å². The van der Waals surface area contributed by atoms with Crippen LogP contribution in [-0.2, 0) is 4.74 Å². The van der Waals surface area contributed by atoms with Crippen molar-refractivity contribution >= 4 is 17.1 Å². The third kappa shape index (κ3) is 2.45. The van der Waals surface area contributed by atoms with Crippen molar-refractivity contribution in [2.24, 2.45) is 5.41 Å². The second-order valence-corrected chi connectivity index (χ2v) is 6.86. The molecule has 2 saturated carbocycles. The summed E-state index contributed by atoms with van der Waals surface area (Å²) in [6.07, 6.45) is 7.60. The van der Waals surface area contributed by atoms with E-state index in [1.54, 1.807) is 11.0 Å². The molecular weight excluding hydrogens is 304 g/mol. The van der Waals surface area contributed by atoms with E-state index in [-0.39, 0.29) is 17.5 Å². The molecule has 1 heterocycles. The van der Waals surface area contributed by atoms with Crippen LogP contribution in [0.3, 0.4) is 0 Å².